The third kappa shape index (κ3) is 2.58. The highest BCUT2D eigenvalue weighted by Crippen LogP contribution is 2.34. The number of rotatable bonds is 4. The molecule has 0 spiro atoms. The first-order chi connectivity index (χ1) is 9.62. The molecule has 0 atom stereocenters. The molecule has 1 nitrogen and oxygen atoms in total. The van der Waals surface area contributed by atoms with Gasteiger partial charge in [0.15, 0.2) is 0 Å². The lowest BCUT2D eigenvalue weighted by molar-refractivity contribution is 1.05. The van der Waals surface area contributed by atoms with Crippen LogP contribution in [0.4, 0.5) is 5.69 Å². The van der Waals surface area contributed by atoms with Gasteiger partial charge in [-0.1, -0.05) is 45.0 Å². The monoisotopic (exact) mass is 267 g/mol. The molecule has 2 rings (SSSR count). The summed E-state index contributed by atoms with van der Waals surface area (Å²) in [5.74, 6) is 0. The van der Waals surface area contributed by atoms with Gasteiger partial charge in [0.2, 0.25) is 0 Å². The number of nitrogens with two attached hydrogens (primary N) is 1. The molecule has 0 saturated carbocycles. The van der Waals surface area contributed by atoms with Crippen LogP contribution < -0.4 is 5.73 Å². The fraction of sp³-hybridized carbons (Fsp3) is 0.368. The molecule has 0 radical (unpaired) electrons. The molecular weight excluding hydrogens is 242 g/mol. The predicted molar refractivity (Wildman–Crippen MR) is 89.2 cm³/mol. The summed E-state index contributed by atoms with van der Waals surface area (Å²) in [6.45, 7) is 8.82. The van der Waals surface area contributed by atoms with Crippen molar-refractivity contribution in [3.63, 3.8) is 0 Å². The summed E-state index contributed by atoms with van der Waals surface area (Å²) in [6, 6.07) is 11.0. The van der Waals surface area contributed by atoms with Gasteiger partial charge in [0.1, 0.15) is 0 Å². The Morgan fingerprint density at radius 3 is 2.00 bits per heavy atom. The number of hydrogen-bond donors (Lipinski definition) is 1. The zero-order chi connectivity index (χ0) is 14.7. The van der Waals surface area contributed by atoms with Crippen LogP contribution in [0.1, 0.15) is 43.0 Å². The van der Waals surface area contributed by atoms with Gasteiger partial charge in [0, 0.05) is 5.69 Å². The number of aryl methyl sites for hydroxylation is 3. The summed E-state index contributed by atoms with van der Waals surface area (Å²) in [4.78, 5) is 0. The zero-order valence-electron chi connectivity index (χ0n) is 13.1. The van der Waals surface area contributed by atoms with E-state index in [-0.39, 0.29) is 0 Å². The Bertz CT molecular complexity index is 586. The third-order valence-corrected chi connectivity index (χ3v) is 4.18. The summed E-state index contributed by atoms with van der Waals surface area (Å²) < 4.78 is 0. The van der Waals surface area contributed by atoms with E-state index in [2.05, 4.69) is 52.0 Å². The van der Waals surface area contributed by atoms with Gasteiger partial charge in [-0.25, -0.2) is 0 Å². The molecule has 1 heteroatoms. The van der Waals surface area contributed by atoms with E-state index in [1.54, 1.807) is 0 Å². The largest absolute Gasteiger partial charge is 0.398 e. The number of benzene rings is 2. The van der Waals surface area contributed by atoms with Crippen LogP contribution in [0.3, 0.4) is 0 Å². The summed E-state index contributed by atoms with van der Waals surface area (Å²) in [5, 5.41) is 0. The van der Waals surface area contributed by atoms with Crippen molar-refractivity contribution < 1.29 is 0 Å². The van der Waals surface area contributed by atoms with Crippen LogP contribution in [0.5, 0.6) is 0 Å². The fourth-order valence-electron chi connectivity index (χ4n) is 2.87. The molecular formula is C19H25N. The molecule has 0 aliphatic rings. The van der Waals surface area contributed by atoms with Crippen LogP contribution in [0.2, 0.25) is 0 Å². The van der Waals surface area contributed by atoms with E-state index in [4.69, 9.17) is 5.73 Å². The molecule has 106 valence electrons. The van der Waals surface area contributed by atoms with Crippen LogP contribution >= 0.6 is 0 Å². The van der Waals surface area contributed by atoms with E-state index < -0.39 is 0 Å². The van der Waals surface area contributed by atoms with Gasteiger partial charge in [-0.05, 0) is 65.6 Å². The van der Waals surface area contributed by atoms with E-state index >= 15 is 0 Å². The summed E-state index contributed by atoms with van der Waals surface area (Å²) in [6.07, 6.45) is 3.21. The van der Waals surface area contributed by atoms with E-state index in [1.165, 1.54) is 33.4 Å². The lowest BCUT2D eigenvalue weighted by atomic mass is 9.87. The van der Waals surface area contributed by atoms with E-state index in [1.807, 2.05) is 6.07 Å². The third-order valence-electron chi connectivity index (χ3n) is 4.18. The minimum Gasteiger partial charge on any atom is -0.398 e. The molecule has 20 heavy (non-hydrogen) atoms. The topological polar surface area (TPSA) is 26.0 Å². The zero-order valence-corrected chi connectivity index (χ0v) is 13.1. The second-order valence-electron chi connectivity index (χ2n) is 5.37. The maximum Gasteiger partial charge on any atom is 0.0349 e. The van der Waals surface area contributed by atoms with Gasteiger partial charge in [-0.2, -0.15) is 0 Å². The van der Waals surface area contributed by atoms with Crippen LogP contribution in [-0.2, 0) is 19.3 Å². The molecule has 2 N–H and O–H groups in total. The average molecular weight is 267 g/mol. The van der Waals surface area contributed by atoms with Crippen molar-refractivity contribution in [2.75, 3.05) is 5.73 Å². The molecule has 0 heterocycles. The lowest BCUT2D eigenvalue weighted by Gasteiger charge is -2.18. The molecule has 0 fully saturated rings. The predicted octanol–water partition coefficient (Wildman–Crippen LogP) is 4.93. The quantitative estimate of drug-likeness (QED) is 0.781. The van der Waals surface area contributed by atoms with Gasteiger partial charge in [0.05, 0.1) is 0 Å². The number of hydrogen-bond acceptors (Lipinski definition) is 1. The lowest BCUT2D eigenvalue weighted by Crippen LogP contribution is -2.00. The molecule has 0 aliphatic heterocycles. The van der Waals surface area contributed by atoms with Crippen molar-refractivity contribution in [3.05, 3.63) is 52.6 Å². The van der Waals surface area contributed by atoms with Gasteiger partial charge >= 0.3 is 0 Å². The Morgan fingerprint density at radius 1 is 0.900 bits per heavy atom. The van der Waals surface area contributed by atoms with E-state index in [0.29, 0.717) is 0 Å². The van der Waals surface area contributed by atoms with Gasteiger partial charge in [0.25, 0.3) is 0 Å². The maximum atomic E-state index is 6.10. The van der Waals surface area contributed by atoms with E-state index in [0.717, 1.165) is 24.9 Å². The molecule has 2 aromatic carbocycles. The molecule has 0 amide bonds. The van der Waals surface area contributed by atoms with Crippen molar-refractivity contribution in [2.45, 2.75) is 47.0 Å². The average Bonchev–Trinajstić information content (AvgIpc) is 2.48. The van der Waals surface area contributed by atoms with Crippen LogP contribution in [-0.4, -0.2) is 0 Å². The Morgan fingerprint density at radius 2 is 1.50 bits per heavy atom. The van der Waals surface area contributed by atoms with Crippen LogP contribution in [0.15, 0.2) is 30.3 Å². The molecule has 0 unspecified atom stereocenters. The number of anilines is 1. The van der Waals surface area contributed by atoms with Crippen molar-refractivity contribution in [2.24, 2.45) is 0 Å². The molecule has 0 aromatic heterocycles. The molecule has 2 aromatic rings. The Hall–Kier alpha value is -1.76. The second-order valence-corrected chi connectivity index (χ2v) is 5.37. The van der Waals surface area contributed by atoms with Gasteiger partial charge in [-0.3, -0.25) is 0 Å². The summed E-state index contributed by atoms with van der Waals surface area (Å²) in [7, 11) is 0. The maximum absolute atomic E-state index is 6.10. The Labute approximate surface area is 122 Å². The minimum absolute atomic E-state index is 0.881. The van der Waals surface area contributed by atoms with Crippen molar-refractivity contribution in [1.82, 2.24) is 0 Å². The van der Waals surface area contributed by atoms with Gasteiger partial charge in [-0.15, -0.1) is 0 Å². The minimum atomic E-state index is 0.881. The molecule has 0 aliphatic carbocycles. The first-order valence-electron chi connectivity index (χ1n) is 7.62. The highest BCUT2D eigenvalue weighted by Gasteiger charge is 2.13. The normalized spacial score (nSPS) is 10.8. The first kappa shape index (κ1) is 14.6. The molecule has 0 bridgehead atoms. The summed E-state index contributed by atoms with van der Waals surface area (Å²) in [5.41, 5.74) is 15.2. The van der Waals surface area contributed by atoms with Crippen molar-refractivity contribution >= 4 is 5.69 Å². The smallest absolute Gasteiger partial charge is 0.0349 e. The van der Waals surface area contributed by atoms with Gasteiger partial charge < -0.3 is 5.73 Å². The summed E-state index contributed by atoms with van der Waals surface area (Å²) >= 11 is 0. The Kier molecular flexibility index (Phi) is 4.49. The fourth-order valence-corrected chi connectivity index (χ4v) is 2.87. The highest BCUT2D eigenvalue weighted by atomic mass is 14.6. The standard InChI is InChI=1S/C19H25N/c1-5-14-11-15(6-2)19(16(7-3)12-14)17-9-8-10-18(20)13(17)4/h8-12H,5-7,20H2,1-4H3. The van der Waals surface area contributed by atoms with Crippen LogP contribution in [0, 0.1) is 6.92 Å². The van der Waals surface area contributed by atoms with Crippen LogP contribution in [0.25, 0.3) is 11.1 Å². The van der Waals surface area contributed by atoms with Crippen molar-refractivity contribution in [1.29, 1.82) is 0 Å². The number of nitrogen functional groups attached to an aromatic ring is 1. The SMILES string of the molecule is CCc1cc(CC)c(-c2cccc(N)c2C)c(CC)c1. The van der Waals surface area contributed by atoms with Crippen molar-refractivity contribution in [3.8, 4) is 11.1 Å². The molecule has 0 saturated heterocycles. The second kappa shape index (κ2) is 6.13. The first-order valence-corrected chi connectivity index (χ1v) is 7.62. The highest BCUT2D eigenvalue weighted by molar-refractivity contribution is 5.78. The Balaban J connectivity index is 2.74. The van der Waals surface area contributed by atoms with E-state index in [9.17, 15) is 0 Å².